The summed E-state index contributed by atoms with van der Waals surface area (Å²) in [6.07, 6.45) is 0.779. The van der Waals surface area contributed by atoms with E-state index < -0.39 is 22.3 Å². The molecule has 1 aromatic carbocycles. The van der Waals surface area contributed by atoms with Gasteiger partial charge in [0.25, 0.3) is 5.92 Å². The Balaban J connectivity index is 2.47. The van der Waals surface area contributed by atoms with E-state index in [0.717, 1.165) is 6.26 Å². The van der Waals surface area contributed by atoms with Crippen molar-refractivity contribution in [2.24, 2.45) is 0 Å². The zero-order valence-electron chi connectivity index (χ0n) is 9.86. The topological polar surface area (TPSA) is 63.4 Å². The van der Waals surface area contributed by atoms with Crippen LogP contribution in [-0.2, 0) is 9.84 Å². The van der Waals surface area contributed by atoms with Crippen LogP contribution in [-0.4, -0.2) is 33.7 Å². The molecule has 0 amide bonds. The Morgan fingerprint density at radius 3 is 2.56 bits per heavy atom. The first kappa shape index (κ1) is 13.1. The number of hydrogen-bond donors (Lipinski definition) is 1. The second-order valence-electron chi connectivity index (χ2n) is 4.53. The lowest BCUT2D eigenvalue weighted by molar-refractivity contribution is 0.0257. The van der Waals surface area contributed by atoms with Gasteiger partial charge in [0.1, 0.15) is 0 Å². The molecule has 1 aliphatic rings. The molecule has 0 bridgehead atoms. The van der Waals surface area contributed by atoms with Crippen molar-refractivity contribution in [3.63, 3.8) is 0 Å². The predicted molar refractivity (Wildman–Crippen MR) is 65.7 cm³/mol. The summed E-state index contributed by atoms with van der Waals surface area (Å²) >= 11 is 0. The van der Waals surface area contributed by atoms with E-state index in [2.05, 4.69) is 0 Å². The smallest absolute Gasteiger partial charge is 0.266 e. The van der Waals surface area contributed by atoms with Crippen LogP contribution in [0.25, 0.3) is 0 Å². The fourth-order valence-corrected chi connectivity index (χ4v) is 2.92. The Bertz CT molecular complexity index is 572. The lowest BCUT2D eigenvalue weighted by Gasteiger charge is -2.21. The Labute approximate surface area is 104 Å². The van der Waals surface area contributed by atoms with Crippen LogP contribution in [0.2, 0.25) is 0 Å². The second kappa shape index (κ2) is 4.08. The van der Waals surface area contributed by atoms with Crippen molar-refractivity contribution in [1.29, 1.82) is 0 Å². The van der Waals surface area contributed by atoms with Crippen LogP contribution >= 0.6 is 0 Å². The zero-order chi connectivity index (χ0) is 13.6. The molecule has 1 aromatic rings. The second-order valence-corrected chi connectivity index (χ2v) is 6.51. The summed E-state index contributed by atoms with van der Waals surface area (Å²) in [5.74, 6) is -2.78. The van der Waals surface area contributed by atoms with Gasteiger partial charge in [-0.3, -0.25) is 0 Å². The number of halogens is 2. The number of anilines is 2. The van der Waals surface area contributed by atoms with Crippen LogP contribution < -0.4 is 10.6 Å². The van der Waals surface area contributed by atoms with Crippen LogP contribution in [0.5, 0.6) is 0 Å². The Morgan fingerprint density at radius 2 is 2.06 bits per heavy atom. The fraction of sp³-hybridized carbons (Fsp3) is 0.455. The van der Waals surface area contributed by atoms with E-state index in [1.165, 1.54) is 23.1 Å². The van der Waals surface area contributed by atoms with E-state index in [0.29, 0.717) is 5.69 Å². The maximum Gasteiger partial charge on any atom is 0.266 e. The summed E-state index contributed by atoms with van der Waals surface area (Å²) in [5.41, 5.74) is 6.21. The van der Waals surface area contributed by atoms with Gasteiger partial charge in [-0.2, -0.15) is 0 Å². The van der Waals surface area contributed by atoms with Crippen molar-refractivity contribution in [2.75, 3.05) is 30.0 Å². The van der Waals surface area contributed by atoms with Gasteiger partial charge < -0.3 is 10.6 Å². The summed E-state index contributed by atoms with van der Waals surface area (Å²) < 4.78 is 49.6. The number of nitrogens with zero attached hydrogens (tertiary/aromatic N) is 1. The number of alkyl halides is 2. The quantitative estimate of drug-likeness (QED) is 0.832. The van der Waals surface area contributed by atoms with Gasteiger partial charge in [-0.15, -0.1) is 0 Å². The summed E-state index contributed by atoms with van der Waals surface area (Å²) in [4.78, 5) is 1.40. The first-order valence-electron chi connectivity index (χ1n) is 5.41. The van der Waals surface area contributed by atoms with Gasteiger partial charge in [0.05, 0.1) is 17.1 Å². The molecule has 0 radical (unpaired) electrons. The van der Waals surface area contributed by atoms with E-state index in [9.17, 15) is 17.2 Å². The molecule has 18 heavy (non-hydrogen) atoms. The molecular weight excluding hydrogens is 262 g/mol. The molecule has 1 saturated heterocycles. The third-order valence-corrected chi connectivity index (χ3v) is 4.04. The molecule has 0 unspecified atom stereocenters. The van der Waals surface area contributed by atoms with Crippen LogP contribution in [0.4, 0.5) is 20.2 Å². The van der Waals surface area contributed by atoms with Gasteiger partial charge in [-0.05, 0) is 18.2 Å². The van der Waals surface area contributed by atoms with Gasteiger partial charge in [-0.1, -0.05) is 0 Å². The summed E-state index contributed by atoms with van der Waals surface area (Å²) in [5, 5.41) is 0. The summed E-state index contributed by atoms with van der Waals surface area (Å²) in [6, 6.07) is 4.24. The summed E-state index contributed by atoms with van der Waals surface area (Å²) in [6.45, 7) is -0.349. The standard InChI is InChI=1S/C11H14F2N2O2S/c1-18(16,17)10-3-2-8(14)6-9(10)15-5-4-11(12,13)7-15/h2-3,6H,4-5,7,14H2,1H3. The molecule has 2 N–H and O–H groups in total. The van der Waals surface area contributed by atoms with E-state index in [4.69, 9.17) is 5.73 Å². The van der Waals surface area contributed by atoms with Gasteiger partial charge in [0, 0.05) is 24.9 Å². The minimum atomic E-state index is -3.47. The number of rotatable bonds is 2. The number of nitrogens with two attached hydrogens (primary N) is 1. The molecule has 1 heterocycles. The number of sulfone groups is 1. The van der Waals surface area contributed by atoms with Crippen molar-refractivity contribution in [3.05, 3.63) is 18.2 Å². The normalized spacial score (nSPS) is 19.2. The van der Waals surface area contributed by atoms with Gasteiger partial charge in [0.15, 0.2) is 9.84 Å². The molecule has 0 aliphatic carbocycles. The predicted octanol–water partition coefficient (Wildman–Crippen LogP) is 1.52. The van der Waals surface area contributed by atoms with E-state index in [-0.39, 0.29) is 23.5 Å². The molecule has 2 rings (SSSR count). The van der Waals surface area contributed by atoms with Crippen LogP contribution in [0.3, 0.4) is 0 Å². The average molecular weight is 276 g/mol. The summed E-state index contributed by atoms with van der Waals surface area (Å²) in [7, 11) is -3.47. The monoisotopic (exact) mass is 276 g/mol. The molecule has 0 spiro atoms. The Hall–Kier alpha value is -1.37. The first-order valence-corrected chi connectivity index (χ1v) is 7.30. The maximum absolute atomic E-state index is 13.2. The van der Waals surface area contributed by atoms with Crippen molar-refractivity contribution >= 4 is 21.2 Å². The highest BCUT2D eigenvalue weighted by molar-refractivity contribution is 7.90. The van der Waals surface area contributed by atoms with E-state index in [1.807, 2.05) is 0 Å². The molecule has 1 fully saturated rings. The highest BCUT2D eigenvalue weighted by atomic mass is 32.2. The molecule has 4 nitrogen and oxygen atoms in total. The largest absolute Gasteiger partial charge is 0.399 e. The average Bonchev–Trinajstić information content (AvgIpc) is 2.57. The fourth-order valence-electron chi connectivity index (χ4n) is 2.04. The van der Waals surface area contributed by atoms with Crippen LogP contribution in [0, 0.1) is 0 Å². The van der Waals surface area contributed by atoms with Gasteiger partial charge in [0.2, 0.25) is 0 Å². The Kier molecular flexibility index (Phi) is 2.96. The van der Waals surface area contributed by atoms with Crippen LogP contribution in [0.15, 0.2) is 23.1 Å². The first-order chi connectivity index (χ1) is 8.19. The van der Waals surface area contributed by atoms with Gasteiger partial charge in [-0.25, -0.2) is 17.2 Å². The van der Waals surface area contributed by atoms with Crippen molar-refractivity contribution in [3.8, 4) is 0 Å². The maximum atomic E-state index is 13.2. The van der Waals surface area contributed by atoms with Crippen molar-refractivity contribution in [2.45, 2.75) is 17.2 Å². The molecular formula is C11H14F2N2O2S. The highest BCUT2D eigenvalue weighted by Gasteiger charge is 2.39. The number of nitrogen functional groups attached to an aromatic ring is 1. The highest BCUT2D eigenvalue weighted by Crippen LogP contribution is 2.35. The van der Waals surface area contributed by atoms with Crippen molar-refractivity contribution < 1.29 is 17.2 Å². The molecule has 1 aliphatic heterocycles. The lowest BCUT2D eigenvalue weighted by Crippen LogP contribution is -2.26. The van der Waals surface area contributed by atoms with Crippen molar-refractivity contribution in [1.82, 2.24) is 0 Å². The van der Waals surface area contributed by atoms with Gasteiger partial charge >= 0.3 is 0 Å². The molecule has 7 heteroatoms. The lowest BCUT2D eigenvalue weighted by atomic mass is 10.2. The van der Waals surface area contributed by atoms with E-state index >= 15 is 0 Å². The number of benzene rings is 1. The SMILES string of the molecule is CS(=O)(=O)c1ccc(N)cc1N1CCC(F)(F)C1. The van der Waals surface area contributed by atoms with Crippen LogP contribution in [0.1, 0.15) is 6.42 Å². The molecule has 100 valence electrons. The molecule has 0 aromatic heterocycles. The number of hydrogen-bond acceptors (Lipinski definition) is 4. The minimum absolute atomic E-state index is 0.0365. The third kappa shape index (κ3) is 2.55. The van der Waals surface area contributed by atoms with E-state index in [1.54, 1.807) is 0 Å². The zero-order valence-corrected chi connectivity index (χ0v) is 10.7. The molecule has 0 saturated carbocycles. The minimum Gasteiger partial charge on any atom is -0.399 e. The third-order valence-electron chi connectivity index (χ3n) is 2.89. The molecule has 0 atom stereocenters. The Morgan fingerprint density at radius 1 is 1.39 bits per heavy atom.